The maximum absolute atomic E-state index is 11.3. The standard InChI is InChI=1S/C14H23N3O/c1-3-17(10-9-16-14(18)7-8-15)13-6-4-5-12(2)11-13/h4-6,11H,3,7-10,15H2,1-2H3,(H,16,18). The Bertz CT molecular complexity index is 379. The van der Waals surface area contributed by atoms with Gasteiger partial charge in [-0.2, -0.15) is 0 Å². The van der Waals surface area contributed by atoms with Gasteiger partial charge in [0.2, 0.25) is 5.91 Å². The lowest BCUT2D eigenvalue weighted by Gasteiger charge is -2.23. The van der Waals surface area contributed by atoms with E-state index in [0.717, 1.165) is 13.1 Å². The van der Waals surface area contributed by atoms with Crippen molar-refractivity contribution in [2.45, 2.75) is 20.3 Å². The van der Waals surface area contributed by atoms with E-state index in [9.17, 15) is 4.79 Å². The molecule has 1 aromatic rings. The first-order valence-corrected chi connectivity index (χ1v) is 6.45. The molecule has 0 aliphatic heterocycles. The highest BCUT2D eigenvalue weighted by molar-refractivity contribution is 5.76. The van der Waals surface area contributed by atoms with Gasteiger partial charge >= 0.3 is 0 Å². The molecule has 1 rings (SSSR count). The summed E-state index contributed by atoms with van der Waals surface area (Å²) in [6, 6.07) is 8.39. The molecule has 18 heavy (non-hydrogen) atoms. The summed E-state index contributed by atoms with van der Waals surface area (Å²) >= 11 is 0. The number of aryl methyl sites for hydroxylation is 1. The molecule has 0 fully saturated rings. The summed E-state index contributed by atoms with van der Waals surface area (Å²) in [4.78, 5) is 13.5. The Hall–Kier alpha value is -1.55. The van der Waals surface area contributed by atoms with Crippen LogP contribution in [-0.2, 0) is 4.79 Å². The molecule has 0 aromatic heterocycles. The van der Waals surface area contributed by atoms with E-state index < -0.39 is 0 Å². The molecule has 100 valence electrons. The minimum absolute atomic E-state index is 0.0257. The van der Waals surface area contributed by atoms with Gasteiger partial charge in [-0.05, 0) is 31.5 Å². The molecule has 0 unspecified atom stereocenters. The quantitative estimate of drug-likeness (QED) is 0.765. The van der Waals surface area contributed by atoms with E-state index >= 15 is 0 Å². The SMILES string of the molecule is CCN(CCNC(=O)CCN)c1cccc(C)c1. The van der Waals surface area contributed by atoms with Crippen molar-refractivity contribution in [1.29, 1.82) is 0 Å². The Morgan fingerprint density at radius 1 is 1.44 bits per heavy atom. The van der Waals surface area contributed by atoms with Crippen molar-refractivity contribution >= 4 is 11.6 Å². The zero-order valence-electron chi connectivity index (χ0n) is 11.3. The van der Waals surface area contributed by atoms with E-state index in [0.29, 0.717) is 19.5 Å². The van der Waals surface area contributed by atoms with Crippen molar-refractivity contribution in [2.75, 3.05) is 31.1 Å². The number of carbonyl (C=O) groups is 1. The van der Waals surface area contributed by atoms with E-state index in [2.05, 4.69) is 48.3 Å². The lowest BCUT2D eigenvalue weighted by Crippen LogP contribution is -2.35. The summed E-state index contributed by atoms with van der Waals surface area (Å²) < 4.78 is 0. The van der Waals surface area contributed by atoms with E-state index in [1.165, 1.54) is 11.3 Å². The molecule has 0 aliphatic carbocycles. The maximum Gasteiger partial charge on any atom is 0.221 e. The number of rotatable bonds is 7. The Labute approximate surface area is 109 Å². The van der Waals surface area contributed by atoms with E-state index in [1.54, 1.807) is 0 Å². The van der Waals surface area contributed by atoms with Gasteiger partial charge in [0.05, 0.1) is 0 Å². The van der Waals surface area contributed by atoms with Crippen LogP contribution in [0.5, 0.6) is 0 Å². The number of hydrogen-bond acceptors (Lipinski definition) is 3. The van der Waals surface area contributed by atoms with Crippen molar-refractivity contribution in [2.24, 2.45) is 5.73 Å². The predicted octanol–water partition coefficient (Wildman–Crippen LogP) is 1.29. The molecule has 1 aromatic carbocycles. The van der Waals surface area contributed by atoms with Crippen molar-refractivity contribution in [3.05, 3.63) is 29.8 Å². The number of carbonyl (C=O) groups excluding carboxylic acids is 1. The van der Waals surface area contributed by atoms with Crippen molar-refractivity contribution in [3.63, 3.8) is 0 Å². The average molecular weight is 249 g/mol. The van der Waals surface area contributed by atoms with E-state index in [1.807, 2.05) is 0 Å². The molecular weight excluding hydrogens is 226 g/mol. The van der Waals surface area contributed by atoms with Gasteiger partial charge in [0.15, 0.2) is 0 Å². The van der Waals surface area contributed by atoms with Crippen LogP contribution in [0.15, 0.2) is 24.3 Å². The fourth-order valence-corrected chi connectivity index (χ4v) is 1.84. The minimum Gasteiger partial charge on any atom is -0.370 e. The Morgan fingerprint density at radius 2 is 2.22 bits per heavy atom. The summed E-state index contributed by atoms with van der Waals surface area (Å²) in [7, 11) is 0. The third-order valence-corrected chi connectivity index (χ3v) is 2.82. The molecule has 0 atom stereocenters. The molecule has 4 nitrogen and oxygen atoms in total. The van der Waals surface area contributed by atoms with Gasteiger partial charge in [-0.3, -0.25) is 4.79 Å². The van der Waals surface area contributed by atoms with E-state index in [4.69, 9.17) is 5.73 Å². The van der Waals surface area contributed by atoms with Crippen LogP contribution in [0.2, 0.25) is 0 Å². The zero-order valence-corrected chi connectivity index (χ0v) is 11.3. The second-order valence-corrected chi connectivity index (χ2v) is 4.31. The Morgan fingerprint density at radius 3 is 2.83 bits per heavy atom. The van der Waals surface area contributed by atoms with Crippen LogP contribution >= 0.6 is 0 Å². The number of nitrogens with two attached hydrogens (primary N) is 1. The Kier molecular flexibility index (Phi) is 6.22. The third kappa shape index (κ3) is 4.75. The highest BCUT2D eigenvalue weighted by Gasteiger charge is 2.05. The summed E-state index contributed by atoms with van der Waals surface area (Å²) in [5.74, 6) is 0.0257. The molecule has 4 heteroatoms. The molecule has 0 heterocycles. The third-order valence-electron chi connectivity index (χ3n) is 2.82. The molecule has 0 saturated carbocycles. The minimum atomic E-state index is 0.0257. The normalized spacial score (nSPS) is 10.2. The van der Waals surface area contributed by atoms with Crippen LogP contribution in [0.1, 0.15) is 18.9 Å². The number of hydrogen-bond donors (Lipinski definition) is 2. The second-order valence-electron chi connectivity index (χ2n) is 4.31. The van der Waals surface area contributed by atoms with Crippen LogP contribution in [-0.4, -0.2) is 32.1 Å². The number of benzene rings is 1. The average Bonchev–Trinajstić information content (AvgIpc) is 2.35. The predicted molar refractivity (Wildman–Crippen MR) is 75.7 cm³/mol. The molecular formula is C14H23N3O. The monoisotopic (exact) mass is 249 g/mol. The fraction of sp³-hybridized carbons (Fsp3) is 0.500. The number of anilines is 1. The largest absolute Gasteiger partial charge is 0.370 e. The molecule has 0 bridgehead atoms. The highest BCUT2D eigenvalue weighted by Crippen LogP contribution is 2.14. The van der Waals surface area contributed by atoms with Gasteiger partial charge in [-0.1, -0.05) is 12.1 Å². The second kappa shape index (κ2) is 7.71. The zero-order chi connectivity index (χ0) is 13.4. The van der Waals surface area contributed by atoms with Crippen molar-refractivity contribution in [1.82, 2.24) is 5.32 Å². The molecule has 0 radical (unpaired) electrons. The summed E-state index contributed by atoms with van der Waals surface area (Å²) in [5.41, 5.74) is 7.77. The fourth-order valence-electron chi connectivity index (χ4n) is 1.84. The first-order chi connectivity index (χ1) is 8.67. The maximum atomic E-state index is 11.3. The van der Waals surface area contributed by atoms with Gasteiger partial charge in [0, 0.05) is 38.3 Å². The highest BCUT2D eigenvalue weighted by atomic mass is 16.1. The van der Waals surface area contributed by atoms with Crippen molar-refractivity contribution < 1.29 is 4.79 Å². The summed E-state index contributed by atoms with van der Waals surface area (Å²) in [6.07, 6.45) is 0.399. The number of nitrogens with zero attached hydrogens (tertiary/aromatic N) is 1. The van der Waals surface area contributed by atoms with Crippen LogP contribution in [0.3, 0.4) is 0 Å². The van der Waals surface area contributed by atoms with Crippen LogP contribution in [0.25, 0.3) is 0 Å². The lowest BCUT2D eigenvalue weighted by molar-refractivity contribution is -0.120. The van der Waals surface area contributed by atoms with Gasteiger partial charge in [-0.15, -0.1) is 0 Å². The first-order valence-electron chi connectivity index (χ1n) is 6.45. The van der Waals surface area contributed by atoms with E-state index in [-0.39, 0.29) is 5.91 Å². The van der Waals surface area contributed by atoms with Crippen molar-refractivity contribution in [3.8, 4) is 0 Å². The van der Waals surface area contributed by atoms with Gasteiger partial charge in [0.1, 0.15) is 0 Å². The molecule has 1 amide bonds. The van der Waals surface area contributed by atoms with Crippen LogP contribution < -0.4 is 16.0 Å². The van der Waals surface area contributed by atoms with Gasteiger partial charge in [0.25, 0.3) is 0 Å². The number of nitrogens with one attached hydrogen (secondary N) is 1. The summed E-state index contributed by atoms with van der Waals surface area (Å²) in [6.45, 7) is 7.00. The summed E-state index contributed by atoms with van der Waals surface area (Å²) in [5, 5.41) is 2.87. The van der Waals surface area contributed by atoms with Gasteiger partial charge in [-0.25, -0.2) is 0 Å². The topological polar surface area (TPSA) is 58.4 Å². The Balaban J connectivity index is 2.45. The molecule has 3 N–H and O–H groups in total. The van der Waals surface area contributed by atoms with Crippen LogP contribution in [0.4, 0.5) is 5.69 Å². The smallest absolute Gasteiger partial charge is 0.221 e. The number of likely N-dealkylation sites (N-methyl/N-ethyl adjacent to an activating group) is 1. The van der Waals surface area contributed by atoms with Crippen LogP contribution in [0, 0.1) is 6.92 Å². The molecule has 0 spiro atoms. The number of amides is 1. The molecule has 0 saturated heterocycles. The lowest BCUT2D eigenvalue weighted by atomic mass is 10.2. The van der Waals surface area contributed by atoms with Gasteiger partial charge < -0.3 is 16.0 Å². The first kappa shape index (κ1) is 14.5. The molecule has 0 aliphatic rings.